The molecule has 0 bridgehead atoms. The molecule has 3 heteroatoms. The molecule has 0 aromatic heterocycles. The Kier molecular flexibility index (Phi) is 2.80. The van der Waals surface area contributed by atoms with Gasteiger partial charge in [0.15, 0.2) is 0 Å². The third-order valence-corrected chi connectivity index (χ3v) is 3.71. The van der Waals surface area contributed by atoms with Gasteiger partial charge < -0.3 is 4.74 Å². The van der Waals surface area contributed by atoms with Gasteiger partial charge in [0.1, 0.15) is 5.75 Å². The fourth-order valence-corrected chi connectivity index (χ4v) is 2.50. The molecule has 0 atom stereocenters. The van der Waals surface area contributed by atoms with Crippen LogP contribution in [-0.2, 0) is 10.3 Å². The van der Waals surface area contributed by atoms with Gasteiger partial charge >= 0.3 is 0 Å². The summed E-state index contributed by atoms with van der Waals surface area (Å²) in [6.45, 7) is 6.13. The molecule has 0 amide bonds. The topological polar surface area (TPSA) is 38.7 Å². The van der Waals surface area contributed by atoms with Crippen molar-refractivity contribution in [2.24, 2.45) is 4.99 Å². The summed E-state index contributed by atoms with van der Waals surface area (Å²) < 4.78 is 5.40. The molecule has 2 rings (SSSR count). The standard InChI is InChI=1S/C14H17NO2/c1-9-7-12(14(5-6-14)15-8-16)10(2)11(3)13(9)17-4/h7H,5-6H2,1-4H3. The summed E-state index contributed by atoms with van der Waals surface area (Å²) in [5.41, 5.74) is 4.25. The minimum Gasteiger partial charge on any atom is -0.496 e. The van der Waals surface area contributed by atoms with Crippen LogP contribution < -0.4 is 4.74 Å². The van der Waals surface area contributed by atoms with Crippen LogP contribution in [0.1, 0.15) is 35.1 Å². The van der Waals surface area contributed by atoms with Gasteiger partial charge in [-0.2, -0.15) is 4.99 Å². The first-order valence-corrected chi connectivity index (χ1v) is 5.80. The van der Waals surface area contributed by atoms with Crippen LogP contribution >= 0.6 is 0 Å². The first-order chi connectivity index (χ1) is 8.05. The summed E-state index contributed by atoms with van der Waals surface area (Å²) in [6.07, 6.45) is 3.59. The summed E-state index contributed by atoms with van der Waals surface area (Å²) >= 11 is 0. The fourth-order valence-electron chi connectivity index (χ4n) is 2.50. The highest BCUT2D eigenvalue weighted by molar-refractivity contribution is 5.54. The molecular weight excluding hydrogens is 214 g/mol. The van der Waals surface area contributed by atoms with Crippen LogP contribution in [0.15, 0.2) is 11.1 Å². The highest BCUT2D eigenvalue weighted by atomic mass is 16.5. The Balaban J connectivity index is 2.61. The van der Waals surface area contributed by atoms with E-state index < -0.39 is 0 Å². The third kappa shape index (κ3) is 1.77. The van der Waals surface area contributed by atoms with Crippen molar-refractivity contribution in [1.82, 2.24) is 0 Å². The van der Waals surface area contributed by atoms with E-state index in [1.54, 1.807) is 13.2 Å². The Morgan fingerprint density at radius 2 is 1.94 bits per heavy atom. The van der Waals surface area contributed by atoms with Gasteiger partial charge in [-0.05, 0) is 61.9 Å². The van der Waals surface area contributed by atoms with Crippen LogP contribution in [0.4, 0.5) is 0 Å². The summed E-state index contributed by atoms with van der Waals surface area (Å²) in [5, 5.41) is 0. The van der Waals surface area contributed by atoms with Crippen LogP contribution in [0.2, 0.25) is 0 Å². The van der Waals surface area contributed by atoms with Gasteiger partial charge in [0.05, 0.1) is 12.6 Å². The van der Waals surface area contributed by atoms with Gasteiger partial charge in [0.2, 0.25) is 6.08 Å². The first-order valence-electron chi connectivity index (χ1n) is 5.80. The fraction of sp³-hybridized carbons (Fsp3) is 0.500. The van der Waals surface area contributed by atoms with Crippen molar-refractivity contribution in [3.8, 4) is 5.75 Å². The maximum absolute atomic E-state index is 10.5. The monoisotopic (exact) mass is 231 g/mol. The maximum atomic E-state index is 10.5. The number of methoxy groups -OCH3 is 1. The van der Waals surface area contributed by atoms with Gasteiger partial charge in [0.25, 0.3) is 0 Å². The SMILES string of the molecule is COc1c(C)cc(C2(N=C=O)CC2)c(C)c1C. The van der Waals surface area contributed by atoms with Crippen molar-refractivity contribution >= 4 is 6.08 Å². The first kappa shape index (κ1) is 11.9. The molecule has 90 valence electrons. The zero-order chi connectivity index (χ0) is 12.6. The molecule has 0 spiro atoms. The molecule has 1 fully saturated rings. The molecule has 3 nitrogen and oxygen atoms in total. The lowest BCUT2D eigenvalue weighted by atomic mass is 9.92. The van der Waals surface area contributed by atoms with Crippen molar-refractivity contribution in [2.45, 2.75) is 39.2 Å². The van der Waals surface area contributed by atoms with Crippen LogP contribution in [-0.4, -0.2) is 13.2 Å². The lowest BCUT2D eigenvalue weighted by Crippen LogP contribution is -2.08. The number of aliphatic imine (C=N–C) groups is 1. The summed E-state index contributed by atoms with van der Waals surface area (Å²) in [6, 6.07) is 2.09. The lowest BCUT2D eigenvalue weighted by molar-refractivity contribution is 0.407. The highest BCUT2D eigenvalue weighted by Crippen LogP contribution is 2.51. The van der Waals surface area contributed by atoms with Gasteiger partial charge in [-0.25, -0.2) is 4.79 Å². The molecule has 1 aromatic carbocycles. The van der Waals surface area contributed by atoms with E-state index >= 15 is 0 Å². The van der Waals surface area contributed by atoms with E-state index in [0.29, 0.717) is 0 Å². The zero-order valence-electron chi connectivity index (χ0n) is 10.8. The normalized spacial score (nSPS) is 16.2. The number of carbonyl (C=O) groups excluding carboxylic acids is 1. The Hall–Kier alpha value is -1.60. The second-order valence-corrected chi connectivity index (χ2v) is 4.76. The molecule has 17 heavy (non-hydrogen) atoms. The number of rotatable bonds is 3. The minimum absolute atomic E-state index is 0.298. The molecule has 0 unspecified atom stereocenters. The average molecular weight is 231 g/mol. The number of ether oxygens (including phenoxy) is 1. The summed E-state index contributed by atoms with van der Waals surface area (Å²) in [4.78, 5) is 14.5. The Morgan fingerprint density at radius 1 is 1.29 bits per heavy atom. The van der Waals surface area contributed by atoms with Gasteiger partial charge in [-0.1, -0.05) is 0 Å². The van der Waals surface area contributed by atoms with Crippen molar-refractivity contribution < 1.29 is 9.53 Å². The molecule has 0 saturated heterocycles. The number of hydrogen-bond acceptors (Lipinski definition) is 3. The number of hydrogen-bond donors (Lipinski definition) is 0. The number of aryl methyl sites for hydroxylation is 1. The smallest absolute Gasteiger partial charge is 0.235 e. The van der Waals surface area contributed by atoms with E-state index in [0.717, 1.165) is 35.3 Å². The molecule has 0 N–H and O–H groups in total. The largest absolute Gasteiger partial charge is 0.496 e. The second-order valence-electron chi connectivity index (χ2n) is 4.76. The second kappa shape index (κ2) is 4.01. The molecule has 1 aliphatic rings. The molecule has 0 radical (unpaired) electrons. The highest BCUT2D eigenvalue weighted by Gasteiger charge is 2.46. The zero-order valence-corrected chi connectivity index (χ0v) is 10.8. The summed E-state index contributed by atoms with van der Waals surface area (Å²) in [5.74, 6) is 0.928. The van der Waals surface area contributed by atoms with Crippen molar-refractivity contribution in [1.29, 1.82) is 0 Å². The van der Waals surface area contributed by atoms with Gasteiger partial charge in [-0.15, -0.1) is 0 Å². The number of benzene rings is 1. The molecule has 1 aliphatic carbocycles. The van der Waals surface area contributed by atoms with Crippen LogP contribution in [0.3, 0.4) is 0 Å². The van der Waals surface area contributed by atoms with Gasteiger partial charge in [0, 0.05) is 0 Å². The minimum atomic E-state index is -0.298. The summed E-state index contributed by atoms with van der Waals surface area (Å²) in [7, 11) is 1.69. The predicted octanol–water partition coefficient (Wildman–Crippen LogP) is 2.95. The molecular formula is C14H17NO2. The number of isocyanates is 1. The molecule has 1 saturated carbocycles. The van der Waals surface area contributed by atoms with E-state index in [9.17, 15) is 4.79 Å². The van der Waals surface area contributed by atoms with E-state index in [1.165, 1.54) is 5.56 Å². The van der Waals surface area contributed by atoms with Gasteiger partial charge in [-0.3, -0.25) is 0 Å². The maximum Gasteiger partial charge on any atom is 0.235 e. The molecule has 0 heterocycles. The van der Waals surface area contributed by atoms with Crippen LogP contribution in [0.25, 0.3) is 0 Å². The van der Waals surface area contributed by atoms with E-state index in [2.05, 4.69) is 18.0 Å². The van der Waals surface area contributed by atoms with Crippen LogP contribution in [0.5, 0.6) is 5.75 Å². The van der Waals surface area contributed by atoms with E-state index in [4.69, 9.17) is 4.74 Å². The van der Waals surface area contributed by atoms with Crippen LogP contribution in [0, 0.1) is 20.8 Å². The van der Waals surface area contributed by atoms with Crippen molar-refractivity contribution in [3.63, 3.8) is 0 Å². The predicted molar refractivity (Wildman–Crippen MR) is 66.2 cm³/mol. The quantitative estimate of drug-likeness (QED) is 0.592. The Morgan fingerprint density at radius 3 is 2.41 bits per heavy atom. The number of nitrogens with zero attached hydrogens (tertiary/aromatic N) is 1. The van der Waals surface area contributed by atoms with Crippen molar-refractivity contribution in [3.05, 3.63) is 28.3 Å². The van der Waals surface area contributed by atoms with Crippen molar-refractivity contribution in [2.75, 3.05) is 7.11 Å². The van der Waals surface area contributed by atoms with E-state index in [1.807, 2.05) is 13.8 Å². The molecule has 1 aromatic rings. The third-order valence-electron chi connectivity index (χ3n) is 3.71. The average Bonchev–Trinajstić information content (AvgIpc) is 3.05. The molecule has 0 aliphatic heterocycles. The lowest BCUT2D eigenvalue weighted by Gasteiger charge is -2.18. The Bertz CT molecular complexity index is 509. The Labute approximate surface area is 102 Å². The van der Waals surface area contributed by atoms with E-state index in [-0.39, 0.29) is 5.54 Å².